The molecule has 0 unspecified atom stereocenters. The molecule has 4 nitrogen and oxygen atoms in total. The van der Waals surface area contributed by atoms with Crippen molar-refractivity contribution >= 4 is 11.6 Å². The van der Waals surface area contributed by atoms with Crippen molar-refractivity contribution in [3.8, 4) is 5.75 Å². The molecule has 1 aliphatic carbocycles. The number of carbonyl (C=O) groups is 1. The second-order valence-corrected chi connectivity index (χ2v) is 8.41. The van der Waals surface area contributed by atoms with E-state index in [9.17, 15) is 4.79 Å². The average Bonchev–Trinajstić information content (AvgIpc) is 3.57. The Morgan fingerprint density at radius 3 is 2.59 bits per heavy atom. The highest BCUT2D eigenvalue weighted by Crippen LogP contribution is 2.32. The Hall–Kier alpha value is -2.33. The van der Waals surface area contributed by atoms with E-state index in [1.165, 1.54) is 44.2 Å². The lowest BCUT2D eigenvalue weighted by atomic mass is 10.1. The van der Waals surface area contributed by atoms with Gasteiger partial charge in [-0.15, -0.1) is 0 Å². The van der Waals surface area contributed by atoms with Crippen LogP contribution in [0.1, 0.15) is 54.4 Å². The predicted molar refractivity (Wildman–Crippen MR) is 118 cm³/mol. The number of ether oxygens (including phenoxy) is 1. The molecule has 1 aliphatic heterocycles. The van der Waals surface area contributed by atoms with Crippen molar-refractivity contribution in [1.29, 1.82) is 0 Å². The van der Waals surface area contributed by atoms with Crippen LogP contribution in [0.5, 0.6) is 5.75 Å². The van der Waals surface area contributed by atoms with Crippen LogP contribution in [0.25, 0.3) is 0 Å². The van der Waals surface area contributed by atoms with E-state index in [0.717, 1.165) is 43.4 Å². The summed E-state index contributed by atoms with van der Waals surface area (Å²) in [4.78, 5) is 18.1. The van der Waals surface area contributed by atoms with Crippen LogP contribution < -0.4 is 9.64 Å². The van der Waals surface area contributed by atoms with E-state index in [0.29, 0.717) is 5.56 Å². The van der Waals surface area contributed by atoms with E-state index in [4.69, 9.17) is 4.74 Å². The zero-order chi connectivity index (χ0) is 20.1. The fourth-order valence-corrected chi connectivity index (χ4v) is 4.25. The normalized spacial score (nSPS) is 18.6. The number of carbonyl (C=O) groups excluding carboxylic acids is 1. The molecular formula is C25H32N2O2. The van der Waals surface area contributed by atoms with Crippen LogP contribution in [0.15, 0.2) is 48.5 Å². The maximum absolute atomic E-state index is 13.5. The van der Waals surface area contributed by atoms with Gasteiger partial charge < -0.3 is 9.64 Å². The summed E-state index contributed by atoms with van der Waals surface area (Å²) in [6.07, 6.45) is 7.43. The zero-order valence-corrected chi connectivity index (χ0v) is 17.5. The van der Waals surface area contributed by atoms with Crippen molar-refractivity contribution in [3.05, 3.63) is 59.7 Å². The first-order chi connectivity index (χ1) is 14.2. The number of para-hydroxylation sites is 1. The summed E-state index contributed by atoms with van der Waals surface area (Å²) >= 11 is 0. The molecule has 1 fully saturated rings. The standard InChI is InChI=1S/C25H32N2O2/c1-29-23-11-8-10-21(17-23)25(28)27-16-7-3-2-6-15-26(18-20-13-14-20)19-22-9-4-5-12-24(22)27/h4-5,8-12,17,20H,2-3,6-7,13-16,18-19H2,1H3. The molecule has 1 saturated carbocycles. The highest BCUT2D eigenvalue weighted by Gasteiger charge is 2.26. The van der Waals surface area contributed by atoms with E-state index in [2.05, 4.69) is 29.2 Å². The number of rotatable bonds is 4. The third-order valence-corrected chi connectivity index (χ3v) is 6.06. The second-order valence-electron chi connectivity index (χ2n) is 8.41. The Balaban J connectivity index is 1.64. The fourth-order valence-electron chi connectivity index (χ4n) is 4.25. The van der Waals surface area contributed by atoms with E-state index < -0.39 is 0 Å². The molecule has 1 amide bonds. The number of hydrogen-bond acceptors (Lipinski definition) is 3. The highest BCUT2D eigenvalue weighted by molar-refractivity contribution is 6.06. The maximum atomic E-state index is 13.5. The molecule has 4 rings (SSSR count). The van der Waals surface area contributed by atoms with Crippen molar-refractivity contribution in [2.45, 2.75) is 45.1 Å². The summed E-state index contributed by atoms with van der Waals surface area (Å²) in [5, 5.41) is 0. The van der Waals surface area contributed by atoms with Gasteiger partial charge in [-0.2, -0.15) is 0 Å². The highest BCUT2D eigenvalue weighted by atomic mass is 16.5. The largest absolute Gasteiger partial charge is 0.497 e. The molecular weight excluding hydrogens is 360 g/mol. The third-order valence-electron chi connectivity index (χ3n) is 6.06. The third kappa shape index (κ3) is 5.18. The Morgan fingerprint density at radius 2 is 1.79 bits per heavy atom. The molecule has 1 heterocycles. The summed E-state index contributed by atoms with van der Waals surface area (Å²) in [5.41, 5.74) is 3.00. The minimum Gasteiger partial charge on any atom is -0.497 e. The Labute approximate surface area is 174 Å². The molecule has 0 atom stereocenters. The smallest absolute Gasteiger partial charge is 0.258 e. The van der Waals surface area contributed by atoms with Gasteiger partial charge in [-0.25, -0.2) is 0 Å². The van der Waals surface area contributed by atoms with Gasteiger partial charge >= 0.3 is 0 Å². The molecule has 154 valence electrons. The Bertz CT molecular complexity index is 831. The maximum Gasteiger partial charge on any atom is 0.258 e. The van der Waals surface area contributed by atoms with Gasteiger partial charge in [0, 0.05) is 30.9 Å². The number of fused-ring (bicyclic) bond motifs is 1. The lowest BCUT2D eigenvalue weighted by Crippen LogP contribution is -2.33. The number of hydrogen-bond donors (Lipinski definition) is 0. The first-order valence-electron chi connectivity index (χ1n) is 11.0. The minimum absolute atomic E-state index is 0.0596. The van der Waals surface area contributed by atoms with Crippen LogP contribution in [-0.2, 0) is 6.54 Å². The van der Waals surface area contributed by atoms with Gasteiger partial charge in [0.1, 0.15) is 5.75 Å². The van der Waals surface area contributed by atoms with Gasteiger partial charge in [0.05, 0.1) is 7.11 Å². The van der Waals surface area contributed by atoms with Gasteiger partial charge in [-0.3, -0.25) is 9.69 Å². The molecule has 0 spiro atoms. The van der Waals surface area contributed by atoms with Crippen molar-refractivity contribution in [3.63, 3.8) is 0 Å². The van der Waals surface area contributed by atoms with Crippen LogP contribution in [0.2, 0.25) is 0 Å². The molecule has 0 aromatic heterocycles. The predicted octanol–water partition coefficient (Wildman–Crippen LogP) is 5.13. The van der Waals surface area contributed by atoms with Gasteiger partial charge in [-0.05, 0) is 68.0 Å². The molecule has 29 heavy (non-hydrogen) atoms. The molecule has 0 radical (unpaired) electrons. The van der Waals surface area contributed by atoms with Crippen LogP contribution >= 0.6 is 0 Å². The van der Waals surface area contributed by atoms with E-state index in [-0.39, 0.29) is 5.91 Å². The summed E-state index contributed by atoms with van der Waals surface area (Å²) < 4.78 is 5.34. The summed E-state index contributed by atoms with van der Waals surface area (Å²) in [6.45, 7) is 4.04. The van der Waals surface area contributed by atoms with E-state index in [1.807, 2.05) is 29.2 Å². The van der Waals surface area contributed by atoms with Crippen molar-refractivity contribution in [2.24, 2.45) is 5.92 Å². The van der Waals surface area contributed by atoms with Crippen molar-refractivity contribution < 1.29 is 9.53 Å². The summed E-state index contributed by atoms with van der Waals surface area (Å²) in [7, 11) is 1.64. The fraction of sp³-hybridized carbons (Fsp3) is 0.480. The second kappa shape index (κ2) is 9.45. The van der Waals surface area contributed by atoms with Crippen LogP contribution in [0.3, 0.4) is 0 Å². The van der Waals surface area contributed by atoms with Crippen molar-refractivity contribution in [1.82, 2.24) is 4.90 Å². The Kier molecular flexibility index (Phi) is 6.50. The minimum atomic E-state index is 0.0596. The lowest BCUT2D eigenvalue weighted by molar-refractivity contribution is 0.0986. The summed E-state index contributed by atoms with van der Waals surface area (Å²) in [6, 6.07) is 16.0. The Morgan fingerprint density at radius 1 is 1.00 bits per heavy atom. The molecule has 2 aromatic rings. The van der Waals surface area contributed by atoms with Crippen LogP contribution in [-0.4, -0.2) is 37.6 Å². The molecule has 4 heteroatoms. The topological polar surface area (TPSA) is 32.8 Å². The molecule has 2 aromatic carbocycles. The van der Waals surface area contributed by atoms with Crippen LogP contribution in [0, 0.1) is 5.92 Å². The van der Waals surface area contributed by atoms with Crippen molar-refractivity contribution in [2.75, 3.05) is 31.6 Å². The van der Waals surface area contributed by atoms with Gasteiger partial charge in [0.25, 0.3) is 5.91 Å². The van der Waals surface area contributed by atoms with Gasteiger partial charge in [0.15, 0.2) is 0 Å². The number of methoxy groups -OCH3 is 1. The van der Waals surface area contributed by atoms with E-state index in [1.54, 1.807) is 7.11 Å². The monoisotopic (exact) mass is 392 g/mol. The average molecular weight is 393 g/mol. The number of benzene rings is 2. The first kappa shape index (κ1) is 20.0. The zero-order valence-electron chi connectivity index (χ0n) is 17.5. The molecule has 2 aliphatic rings. The summed E-state index contributed by atoms with van der Waals surface area (Å²) in [5.74, 6) is 1.66. The van der Waals surface area contributed by atoms with E-state index >= 15 is 0 Å². The molecule has 0 bridgehead atoms. The molecule has 0 saturated heterocycles. The quantitative estimate of drug-likeness (QED) is 0.723. The number of amides is 1. The van der Waals surface area contributed by atoms with Gasteiger partial charge in [0.2, 0.25) is 0 Å². The van der Waals surface area contributed by atoms with Crippen LogP contribution in [0.4, 0.5) is 5.69 Å². The lowest BCUT2D eigenvalue weighted by Gasteiger charge is -2.28. The first-order valence-corrected chi connectivity index (χ1v) is 11.0. The SMILES string of the molecule is COc1cccc(C(=O)N2CCCCCCN(CC3CC3)Cc3ccccc32)c1. The number of nitrogens with zero attached hydrogens (tertiary/aromatic N) is 2. The number of anilines is 1. The van der Waals surface area contributed by atoms with Gasteiger partial charge in [-0.1, -0.05) is 37.1 Å². The molecule has 0 N–H and O–H groups in total.